The number of nitrogens with one attached hydrogen (secondary N) is 1. The summed E-state index contributed by atoms with van der Waals surface area (Å²) in [7, 11) is 0. The Hall–Kier alpha value is -3.28. The van der Waals surface area contributed by atoms with Crippen molar-refractivity contribution in [2.45, 2.75) is 0 Å². The Kier molecular flexibility index (Phi) is 3.97. The number of aliphatic imine (C=N–C) groups is 1. The molecule has 0 saturated heterocycles. The van der Waals surface area contributed by atoms with Crippen molar-refractivity contribution in [2.75, 3.05) is 0 Å². The number of halogens is 1. The summed E-state index contributed by atoms with van der Waals surface area (Å²) in [4.78, 5) is 19.0. The van der Waals surface area contributed by atoms with Crippen LogP contribution in [-0.2, 0) is 4.79 Å². The van der Waals surface area contributed by atoms with E-state index in [4.69, 9.17) is 5.73 Å². The zero-order valence-electron chi connectivity index (χ0n) is 12.0. The monoisotopic (exact) mass is 308 g/mol. The van der Waals surface area contributed by atoms with E-state index >= 15 is 0 Å². The smallest absolute Gasteiger partial charge is 0.213 e. The van der Waals surface area contributed by atoms with Crippen LogP contribution < -0.4 is 11.1 Å². The second-order valence-corrected chi connectivity index (χ2v) is 4.79. The number of nitrogens with zero attached hydrogens (tertiary/aromatic N) is 2. The number of carbonyl (C=O) groups excluding carboxylic acids is 1. The third kappa shape index (κ3) is 3.01. The number of rotatable bonds is 3. The number of carbonyl (C=O) groups is 1. The van der Waals surface area contributed by atoms with Gasteiger partial charge in [-0.1, -0.05) is 36.4 Å². The quantitative estimate of drug-likeness (QED) is 0.443. The average Bonchev–Trinajstić information content (AvgIpc) is 2.55. The summed E-state index contributed by atoms with van der Waals surface area (Å²) in [5, 5.41) is 2.49. The van der Waals surface area contributed by atoms with Crippen molar-refractivity contribution >= 4 is 29.0 Å². The molecule has 0 radical (unpaired) electrons. The van der Waals surface area contributed by atoms with Crippen molar-refractivity contribution in [1.82, 2.24) is 10.3 Å². The largest absolute Gasteiger partial charge is 0.369 e. The van der Waals surface area contributed by atoms with E-state index in [0.717, 1.165) is 5.56 Å². The van der Waals surface area contributed by atoms with Gasteiger partial charge in [-0.3, -0.25) is 10.1 Å². The van der Waals surface area contributed by atoms with Crippen molar-refractivity contribution in [3.8, 4) is 11.3 Å². The van der Waals surface area contributed by atoms with Gasteiger partial charge in [0.05, 0.1) is 22.3 Å². The first-order chi connectivity index (χ1) is 11.2. The molecule has 3 rings (SSSR count). The van der Waals surface area contributed by atoms with E-state index in [2.05, 4.69) is 15.3 Å². The van der Waals surface area contributed by atoms with Gasteiger partial charge in [0.25, 0.3) is 0 Å². The van der Waals surface area contributed by atoms with Gasteiger partial charge >= 0.3 is 0 Å². The average molecular weight is 308 g/mol. The van der Waals surface area contributed by atoms with Crippen molar-refractivity contribution in [1.29, 1.82) is 0 Å². The van der Waals surface area contributed by atoms with Gasteiger partial charge in [-0.25, -0.2) is 14.4 Å². The Balaban J connectivity index is 2.26. The van der Waals surface area contributed by atoms with E-state index in [1.165, 1.54) is 6.07 Å². The van der Waals surface area contributed by atoms with Crippen molar-refractivity contribution in [3.05, 3.63) is 60.4 Å². The fraction of sp³-hybridized carbons (Fsp3) is 0. The van der Waals surface area contributed by atoms with Gasteiger partial charge in [0, 0.05) is 5.56 Å². The number of nitrogens with two attached hydrogens (primary N) is 1. The van der Waals surface area contributed by atoms with Crippen molar-refractivity contribution in [3.63, 3.8) is 0 Å². The lowest BCUT2D eigenvalue weighted by atomic mass is 10.1. The molecule has 2 aromatic carbocycles. The fourth-order valence-electron chi connectivity index (χ4n) is 2.29. The lowest BCUT2D eigenvalue weighted by Crippen LogP contribution is -2.29. The summed E-state index contributed by atoms with van der Waals surface area (Å²) in [5.41, 5.74) is 7.89. The molecule has 1 aromatic heterocycles. The molecular weight excluding hydrogens is 295 g/mol. The highest BCUT2D eigenvalue weighted by Gasteiger charge is 2.11. The molecule has 0 fully saturated rings. The van der Waals surface area contributed by atoms with Crippen LogP contribution in [0.2, 0.25) is 0 Å². The summed E-state index contributed by atoms with van der Waals surface area (Å²) in [6.07, 6.45) is 0.413. The summed E-state index contributed by atoms with van der Waals surface area (Å²) >= 11 is 0. The minimum atomic E-state index is -0.452. The molecule has 6 heteroatoms. The number of fused-ring (bicyclic) bond motifs is 1. The molecular formula is C17H13FN4O. The summed E-state index contributed by atoms with van der Waals surface area (Å²) in [6, 6.07) is 15.7. The molecule has 0 atom stereocenters. The van der Waals surface area contributed by atoms with Crippen LogP contribution in [-0.4, -0.2) is 17.4 Å². The van der Waals surface area contributed by atoms with E-state index in [-0.39, 0.29) is 11.3 Å². The topological polar surface area (TPSA) is 80.4 Å². The number of benzene rings is 2. The fourth-order valence-corrected chi connectivity index (χ4v) is 2.29. The van der Waals surface area contributed by atoms with E-state index in [9.17, 15) is 9.18 Å². The number of hydrogen-bond acceptors (Lipinski definition) is 3. The maximum atomic E-state index is 14.2. The maximum Gasteiger partial charge on any atom is 0.213 e. The minimum Gasteiger partial charge on any atom is -0.369 e. The number of amides is 1. The van der Waals surface area contributed by atoms with Gasteiger partial charge in [0.1, 0.15) is 5.82 Å². The first-order valence-electron chi connectivity index (χ1n) is 6.88. The first kappa shape index (κ1) is 14.6. The number of pyridine rings is 1. The van der Waals surface area contributed by atoms with Crippen molar-refractivity contribution in [2.24, 2.45) is 10.7 Å². The Morgan fingerprint density at radius 2 is 1.96 bits per heavy atom. The Morgan fingerprint density at radius 1 is 1.17 bits per heavy atom. The third-order valence-electron chi connectivity index (χ3n) is 3.28. The van der Waals surface area contributed by atoms with Crippen LogP contribution in [0.4, 0.5) is 10.1 Å². The molecule has 23 heavy (non-hydrogen) atoms. The molecule has 1 amide bonds. The summed E-state index contributed by atoms with van der Waals surface area (Å²) in [5.74, 6) is -0.568. The molecule has 0 aliphatic heterocycles. The lowest BCUT2D eigenvalue weighted by Gasteiger charge is -2.08. The summed E-state index contributed by atoms with van der Waals surface area (Å²) in [6.45, 7) is 0. The molecule has 0 unspecified atom stereocenters. The third-order valence-corrected chi connectivity index (χ3v) is 3.28. The van der Waals surface area contributed by atoms with Crippen LogP contribution in [0, 0.1) is 5.82 Å². The molecule has 5 nitrogen and oxygen atoms in total. The predicted octanol–water partition coefficient (Wildman–Crippen LogP) is 2.73. The van der Waals surface area contributed by atoms with E-state index < -0.39 is 5.82 Å². The molecule has 0 bridgehead atoms. The van der Waals surface area contributed by atoms with Gasteiger partial charge < -0.3 is 5.73 Å². The predicted molar refractivity (Wildman–Crippen MR) is 87.6 cm³/mol. The second-order valence-electron chi connectivity index (χ2n) is 4.79. The van der Waals surface area contributed by atoms with E-state index in [1.807, 2.05) is 30.3 Å². The zero-order chi connectivity index (χ0) is 16.2. The number of hydrogen-bond donors (Lipinski definition) is 2. The van der Waals surface area contributed by atoms with Gasteiger partial charge in [-0.15, -0.1) is 0 Å². The molecule has 0 aliphatic rings. The van der Waals surface area contributed by atoms with Crippen LogP contribution in [0.15, 0.2) is 59.6 Å². The highest BCUT2D eigenvalue weighted by molar-refractivity contribution is 5.97. The highest BCUT2D eigenvalue weighted by Crippen LogP contribution is 2.31. The Labute approximate surface area is 131 Å². The van der Waals surface area contributed by atoms with Gasteiger partial charge in [-0.05, 0) is 18.2 Å². The van der Waals surface area contributed by atoms with Crippen molar-refractivity contribution < 1.29 is 9.18 Å². The van der Waals surface area contributed by atoms with Gasteiger partial charge in [-0.2, -0.15) is 0 Å². The van der Waals surface area contributed by atoms with Crippen LogP contribution in [0.3, 0.4) is 0 Å². The van der Waals surface area contributed by atoms with Crippen LogP contribution in [0.5, 0.6) is 0 Å². The van der Waals surface area contributed by atoms with Gasteiger partial charge in [0.15, 0.2) is 5.96 Å². The SMILES string of the molecule is NC(=Nc1cc(-c2ccccc2)nc2cccc(F)c12)NC=O. The molecule has 0 saturated carbocycles. The van der Waals surface area contributed by atoms with E-state index in [0.29, 0.717) is 23.3 Å². The van der Waals surface area contributed by atoms with E-state index in [1.54, 1.807) is 18.2 Å². The molecule has 3 aromatic rings. The van der Waals surface area contributed by atoms with Crippen LogP contribution in [0.1, 0.15) is 0 Å². The number of aromatic nitrogens is 1. The standard InChI is InChI=1S/C17H13FN4O/c18-12-7-4-8-13-16(12)15(22-17(19)20-10-23)9-14(21-13)11-5-2-1-3-6-11/h1-10H,(H3,19,20,21,22,23). The summed E-state index contributed by atoms with van der Waals surface area (Å²) < 4.78 is 14.2. The molecule has 1 heterocycles. The zero-order valence-corrected chi connectivity index (χ0v) is 12.0. The van der Waals surface area contributed by atoms with Crippen LogP contribution in [0.25, 0.3) is 22.2 Å². The van der Waals surface area contributed by atoms with Crippen LogP contribution >= 0.6 is 0 Å². The Bertz CT molecular complexity index is 894. The number of guanidine groups is 1. The molecule has 0 spiro atoms. The minimum absolute atomic E-state index is 0.116. The molecule has 114 valence electrons. The second kappa shape index (κ2) is 6.23. The maximum absolute atomic E-state index is 14.2. The van der Waals surface area contributed by atoms with Gasteiger partial charge in [0.2, 0.25) is 6.41 Å². The first-order valence-corrected chi connectivity index (χ1v) is 6.88. The normalized spacial score (nSPS) is 11.4. The Morgan fingerprint density at radius 3 is 2.70 bits per heavy atom. The molecule has 3 N–H and O–H groups in total. The lowest BCUT2D eigenvalue weighted by molar-refractivity contribution is -0.108. The highest BCUT2D eigenvalue weighted by atomic mass is 19.1. The molecule has 0 aliphatic carbocycles.